The van der Waals surface area contributed by atoms with Crippen LogP contribution in [0.15, 0.2) is 69.5 Å². The molecule has 0 spiro atoms. The van der Waals surface area contributed by atoms with Gasteiger partial charge < -0.3 is 19.5 Å². The summed E-state index contributed by atoms with van der Waals surface area (Å²) >= 11 is 3.54. The molecule has 0 fully saturated rings. The Morgan fingerprint density at radius 3 is 2.43 bits per heavy atom. The fourth-order valence-corrected chi connectivity index (χ4v) is 5.37. The Morgan fingerprint density at radius 2 is 1.77 bits per heavy atom. The van der Waals surface area contributed by atoms with Gasteiger partial charge in [-0.25, -0.2) is 4.79 Å². The summed E-state index contributed by atoms with van der Waals surface area (Å²) in [5.74, 6) is 0.385. The van der Waals surface area contributed by atoms with Gasteiger partial charge in [0.25, 0.3) is 0 Å². The predicted molar refractivity (Wildman–Crippen MR) is 138 cm³/mol. The van der Waals surface area contributed by atoms with Gasteiger partial charge in [-0.1, -0.05) is 34.1 Å². The topological polar surface area (TPSA) is 73.9 Å². The van der Waals surface area contributed by atoms with Gasteiger partial charge in [-0.15, -0.1) is 0 Å². The van der Waals surface area contributed by atoms with Crippen LogP contribution in [0.2, 0.25) is 0 Å². The first-order valence-electron chi connectivity index (χ1n) is 11.7. The van der Waals surface area contributed by atoms with E-state index in [2.05, 4.69) is 21.2 Å². The van der Waals surface area contributed by atoms with Gasteiger partial charge in [-0.05, 0) is 68.5 Å². The van der Waals surface area contributed by atoms with Gasteiger partial charge in [-0.3, -0.25) is 4.79 Å². The van der Waals surface area contributed by atoms with Crippen molar-refractivity contribution in [3.63, 3.8) is 0 Å². The average Bonchev–Trinajstić information content (AvgIpc) is 2.82. The molecule has 0 radical (unpaired) electrons. The number of carbonyl (C=O) groups excluding carboxylic acids is 2. The lowest BCUT2D eigenvalue weighted by Crippen LogP contribution is -2.36. The molecule has 2 aromatic carbocycles. The van der Waals surface area contributed by atoms with E-state index in [0.29, 0.717) is 41.2 Å². The van der Waals surface area contributed by atoms with Crippen LogP contribution >= 0.6 is 15.9 Å². The molecule has 6 nitrogen and oxygen atoms in total. The van der Waals surface area contributed by atoms with Gasteiger partial charge >= 0.3 is 5.97 Å². The van der Waals surface area contributed by atoms with E-state index in [4.69, 9.17) is 14.2 Å². The van der Waals surface area contributed by atoms with E-state index in [1.54, 1.807) is 14.2 Å². The molecule has 0 unspecified atom stereocenters. The Balaban J connectivity index is 1.77. The first kappa shape index (κ1) is 25.0. The number of nitrogens with one attached hydrogen (secondary N) is 1. The maximum atomic E-state index is 13.7. The Labute approximate surface area is 214 Å². The molecule has 0 aromatic heterocycles. The van der Waals surface area contributed by atoms with Gasteiger partial charge in [0.15, 0.2) is 17.3 Å². The van der Waals surface area contributed by atoms with Crippen molar-refractivity contribution in [2.45, 2.75) is 51.6 Å². The summed E-state index contributed by atoms with van der Waals surface area (Å²) in [5, 5.41) is 3.39. The van der Waals surface area contributed by atoms with Crippen LogP contribution in [-0.4, -0.2) is 32.1 Å². The second-order valence-electron chi connectivity index (χ2n) is 9.14. The maximum absolute atomic E-state index is 13.7. The molecular weight excluding hydrogens is 510 g/mol. The summed E-state index contributed by atoms with van der Waals surface area (Å²) in [7, 11) is 3.20. The number of ether oxygens (including phenoxy) is 3. The number of esters is 1. The molecule has 2 aliphatic rings. The number of benzene rings is 2. The molecule has 1 N–H and O–H groups in total. The third-order valence-corrected chi connectivity index (χ3v) is 6.94. The van der Waals surface area contributed by atoms with Crippen molar-refractivity contribution in [1.82, 2.24) is 5.32 Å². The highest BCUT2D eigenvalue weighted by molar-refractivity contribution is 9.10. The molecular formula is C28H30BrNO5. The summed E-state index contributed by atoms with van der Waals surface area (Å²) in [6.45, 7) is 5.51. The van der Waals surface area contributed by atoms with Crippen molar-refractivity contribution < 1.29 is 23.8 Å². The number of hydrogen-bond donors (Lipinski definition) is 1. The van der Waals surface area contributed by atoms with Crippen LogP contribution in [0.4, 0.5) is 0 Å². The van der Waals surface area contributed by atoms with Gasteiger partial charge in [-0.2, -0.15) is 0 Å². The summed E-state index contributed by atoms with van der Waals surface area (Å²) in [4.78, 5) is 26.9. The average molecular weight is 540 g/mol. The van der Waals surface area contributed by atoms with Crippen molar-refractivity contribution in [1.29, 1.82) is 0 Å². The number of ketones is 1. The van der Waals surface area contributed by atoms with Crippen molar-refractivity contribution in [3.8, 4) is 11.5 Å². The molecule has 0 amide bonds. The SMILES string of the molecule is COc1ccc([C@@H]2CC(=O)C3=C(C2)NC(C)=C(C(=O)OC(C)C)[C@@H]3c2cccc(Br)c2)cc1OC. The van der Waals surface area contributed by atoms with E-state index in [0.717, 1.165) is 21.3 Å². The maximum Gasteiger partial charge on any atom is 0.337 e. The molecule has 1 heterocycles. The summed E-state index contributed by atoms with van der Waals surface area (Å²) in [6.07, 6.45) is 0.717. The van der Waals surface area contributed by atoms with Crippen molar-refractivity contribution >= 4 is 27.7 Å². The molecule has 0 bridgehead atoms. The molecule has 7 heteroatoms. The van der Waals surface area contributed by atoms with E-state index < -0.39 is 11.9 Å². The first-order chi connectivity index (χ1) is 16.7. The molecule has 2 aromatic rings. The number of halogens is 1. The van der Waals surface area contributed by atoms with Gasteiger partial charge in [0, 0.05) is 33.8 Å². The standard InChI is InChI=1S/C28H30BrNO5/c1-15(2)35-28(32)25-16(3)30-21-12-19(17-9-10-23(33-4)24(14-17)34-5)13-22(31)27(21)26(25)18-7-6-8-20(29)11-18/h6-11,14-15,19,26,30H,12-13H2,1-5H3/t19-,26-/m0/s1. The lowest BCUT2D eigenvalue weighted by Gasteiger charge is -2.37. The highest BCUT2D eigenvalue weighted by Gasteiger charge is 2.41. The Hall–Kier alpha value is -3.06. The van der Waals surface area contributed by atoms with Gasteiger partial charge in [0.05, 0.1) is 25.9 Å². The van der Waals surface area contributed by atoms with Crippen LogP contribution in [0.25, 0.3) is 0 Å². The zero-order valence-electron chi connectivity index (χ0n) is 20.6. The minimum absolute atomic E-state index is 0.0193. The smallest absolute Gasteiger partial charge is 0.337 e. The molecule has 4 rings (SSSR count). The van der Waals surface area contributed by atoms with Gasteiger partial charge in [0.1, 0.15) is 0 Å². The Kier molecular flexibility index (Phi) is 7.36. The monoisotopic (exact) mass is 539 g/mol. The number of methoxy groups -OCH3 is 2. The van der Waals surface area contributed by atoms with Crippen LogP contribution in [0.1, 0.15) is 56.6 Å². The fourth-order valence-electron chi connectivity index (χ4n) is 4.95. The molecule has 1 aliphatic heterocycles. The highest BCUT2D eigenvalue weighted by atomic mass is 79.9. The minimum Gasteiger partial charge on any atom is -0.493 e. The van der Waals surface area contributed by atoms with E-state index in [9.17, 15) is 9.59 Å². The van der Waals surface area contributed by atoms with E-state index in [1.807, 2.05) is 63.2 Å². The number of Topliss-reactive ketones (excluding diaryl/α,β-unsaturated/α-hetero) is 1. The lowest BCUT2D eigenvalue weighted by atomic mass is 9.71. The van der Waals surface area contributed by atoms with E-state index >= 15 is 0 Å². The molecule has 0 saturated heterocycles. The summed E-state index contributed by atoms with van der Waals surface area (Å²) in [6, 6.07) is 13.5. The number of dihydropyridines is 1. The van der Waals surface area contributed by atoms with Crippen LogP contribution < -0.4 is 14.8 Å². The highest BCUT2D eigenvalue weighted by Crippen LogP contribution is 2.46. The zero-order valence-corrected chi connectivity index (χ0v) is 22.2. The van der Waals surface area contributed by atoms with Crippen molar-refractivity contribution in [3.05, 3.63) is 80.6 Å². The largest absolute Gasteiger partial charge is 0.493 e. The van der Waals surface area contributed by atoms with Crippen molar-refractivity contribution in [2.75, 3.05) is 14.2 Å². The van der Waals surface area contributed by atoms with E-state index in [1.165, 1.54) is 0 Å². The zero-order chi connectivity index (χ0) is 25.3. The Morgan fingerprint density at radius 1 is 1.03 bits per heavy atom. The molecule has 1 aliphatic carbocycles. The predicted octanol–water partition coefficient (Wildman–Crippen LogP) is 5.78. The summed E-state index contributed by atoms with van der Waals surface area (Å²) < 4.78 is 17.3. The van der Waals surface area contributed by atoms with Gasteiger partial charge in [0.2, 0.25) is 0 Å². The third-order valence-electron chi connectivity index (χ3n) is 6.45. The third kappa shape index (κ3) is 5.01. The van der Waals surface area contributed by atoms with Crippen LogP contribution in [0.3, 0.4) is 0 Å². The van der Waals surface area contributed by atoms with E-state index in [-0.39, 0.29) is 17.8 Å². The first-order valence-corrected chi connectivity index (χ1v) is 12.4. The lowest BCUT2D eigenvalue weighted by molar-refractivity contribution is -0.143. The molecule has 0 saturated carbocycles. The molecule has 35 heavy (non-hydrogen) atoms. The second-order valence-corrected chi connectivity index (χ2v) is 10.1. The van der Waals surface area contributed by atoms with Crippen molar-refractivity contribution in [2.24, 2.45) is 0 Å². The number of hydrogen-bond acceptors (Lipinski definition) is 6. The van der Waals surface area contributed by atoms with Crippen LogP contribution in [0.5, 0.6) is 11.5 Å². The Bertz CT molecular complexity index is 1230. The van der Waals surface area contributed by atoms with Crippen LogP contribution in [0, 0.1) is 0 Å². The number of carbonyl (C=O) groups is 2. The number of rotatable bonds is 6. The molecule has 184 valence electrons. The molecule has 2 atom stereocenters. The normalized spacial score (nSPS) is 19.9. The van der Waals surface area contributed by atoms with Crippen LogP contribution in [-0.2, 0) is 14.3 Å². The summed E-state index contributed by atoms with van der Waals surface area (Å²) in [5.41, 5.74) is 4.57. The quantitative estimate of drug-likeness (QED) is 0.469. The minimum atomic E-state index is -0.492. The second kappa shape index (κ2) is 10.3. The fraction of sp³-hybridized carbons (Fsp3) is 0.357. The number of allylic oxidation sites excluding steroid dienone is 3.